The summed E-state index contributed by atoms with van der Waals surface area (Å²) in [4.78, 5) is 0. The lowest BCUT2D eigenvalue weighted by Crippen LogP contribution is -2.00. The van der Waals surface area contributed by atoms with Crippen molar-refractivity contribution < 1.29 is 4.74 Å². The van der Waals surface area contributed by atoms with Gasteiger partial charge in [-0.05, 0) is 17.4 Å². The largest absolute Gasteiger partial charge is 0.496 e. The molecule has 0 spiro atoms. The van der Waals surface area contributed by atoms with E-state index in [2.05, 4.69) is 19.1 Å². The van der Waals surface area contributed by atoms with Crippen LogP contribution in [0, 0.1) is 0 Å². The minimum atomic E-state index is 0.532. The first-order valence-electron chi connectivity index (χ1n) is 4.75. The molecule has 0 radical (unpaired) electrons. The molecule has 0 aliphatic carbocycles. The number of rotatable bonds is 5. The molecule has 0 bridgehead atoms. The maximum Gasteiger partial charge on any atom is 0.123 e. The van der Waals surface area contributed by atoms with Gasteiger partial charge in [-0.3, -0.25) is 0 Å². The van der Waals surface area contributed by atoms with Gasteiger partial charge in [0.15, 0.2) is 0 Å². The molecule has 0 aromatic heterocycles. The molecular formula is C11H17NOS. The van der Waals surface area contributed by atoms with E-state index >= 15 is 0 Å². The Morgan fingerprint density at radius 1 is 1.43 bits per heavy atom. The summed E-state index contributed by atoms with van der Waals surface area (Å²) in [6.45, 7) is 2.69. The molecule has 14 heavy (non-hydrogen) atoms. The van der Waals surface area contributed by atoms with E-state index in [1.54, 1.807) is 7.11 Å². The maximum absolute atomic E-state index is 5.59. The molecule has 0 unspecified atom stereocenters. The molecule has 0 heterocycles. The molecule has 0 aliphatic rings. The van der Waals surface area contributed by atoms with Gasteiger partial charge >= 0.3 is 0 Å². The molecular weight excluding hydrogens is 194 g/mol. The second-order valence-corrected chi connectivity index (χ2v) is 4.26. The average Bonchev–Trinajstić information content (AvgIpc) is 2.25. The number of benzene rings is 1. The van der Waals surface area contributed by atoms with Crippen molar-refractivity contribution in [3.8, 4) is 5.75 Å². The predicted octanol–water partition coefficient (Wildman–Crippen LogP) is 2.41. The fraction of sp³-hybridized carbons (Fsp3) is 0.455. The van der Waals surface area contributed by atoms with Crippen molar-refractivity contribution in [2.24, 2.45) is 5.73 Å². The molecule has 1 aromatic carbocycles. The van der Waals surface area contributed by atoms with Gasteiger partial charge in [0, 0.05) is 17.9 Å². The lowest BCUT2D eigenvalue weighted by molar-refractivity contribution is 0.409. The maximum atomic E-state index is 5.59. The number of methoxy groups -OCH3 is 1. The summed E-state index contributed by atoms with van der Waals surface area (Å²) in [5.41, 5.74) is 7.96. The molecule has 2 nitrogen and oxygen atoms in total. The van der Waals surface area contributed by atoms with Crippen LogP contribution >= 0.6 is 11.8 Å². The fourth-order valence-corrected chi connectivity index (χ4v) is 1.89. The molecule has 0 aliphatic heterocycles. The van der Waals surface area contributed by atoms with Crippen LogP contribution in [0.15, 0.2) is 18.2 Å². The topological polar surface area (TPSA) is 35.2 Å². The average molecular weight is 211 g/mol. The third-order valence-corrected chi connectivity index (χ3v) is 2.99. The van der Waals surface area contributed by atoms with Gasteiger partial charge in [0.05, 0.1) is 7.11 Å². The number of thioether (sulfide) groups is 1. The van der Waals surface area contributed by atoms with Crippen molar-refractivity contribution in [2.75, 3.05) is 12.9 Å². The van der Waals surface area contributed by atoms with Crippen molar-refractivity contribution in [2.45, 2.75) is 19.2 Å². The normalized spacial score (nSPS) is 10.2. The van der Waals surface area contributed by atoms with Gasteiger partial charge in [-0.15, -0.1) is 0 Å². The second-order valence-electron chi connectivity index (χ2n) is 2.99. The Morgan fingerprint density at radius 3 is 2.79 bits per heavy atom. The highest BCUT2D eigenvalue weighted by molar-refractivity contribution is 7.98. The van der Waals surface area contributed by atoms with Crippen LogP contribution in [-0.2, 0) is 12.3 Å². The van der Waals surface area contributed by atoms with Crippen LogP contribution in [0.3, 0.4) is 0 Å². The van der Waals surface area contributed by atoms with Crippen molar-refractivity contribution in [3.05, 3.63) is 29.3 Å². The van der Waals surface area contributed by atoms with Crippen molar-refractivity contribution >= 4 is 11.8 Å². The van der Waals surface area contributed by atoms with Crippen LogP contribution in [0.1, 0.15) is 18.1 Å². The summed E-state index contributed by atoms with van der Waals surface area (Å²) in [7, 11) is 1.69. The van der Waals surface area contributed by atoms with E-state index < -0.39 is 0 Å². The second kappa shape index (κ2) is 5.94. The lowest BCUT2D eigenvalue weighted by Gasteiger charge is -2.08. The first kappa shape index (κ1) is 11.4. The van der Waals surface area contributed by atoms with Crippen molar-refractivity contribution in [1.29, 1.82) is 0 Å². The highest BCUT2D eigenvalue weighted by Crippen LogP contribution is 2.22. The molecule has 78 valence electrons. The van der Waals surface area contributed by atoms with E-state index in [9.17, 15) is 0 Å². The number of hydrogen-bond donors (Lipinski definition) is 1. The van der Waals surface area contributed by atoms with Gasteiger partial charge in [-0.25, -0.2) is 0 Å². The third kappa shape index (κ3) is 2.93. The smallest absolute Gasteiger partial charge is 0.123 e. The van der Waals surface area contributed by atoms with Gasteiger partial charge in [-0.1, -0.05) is 19.1 Å². The number of ether oxygens (including phenoxy) is 1. The Balaban J connectivity index is 2.79. The van der Waals surface area contributed by atoms with Gasteiger partial charge in [0.2, 0.25) is 0 Å². The van der Waals surface area contributed by atoms with E-state index in [4.69, 9.17) is 10.5 Å². The first-order chi connectivity index (χ1) is 6.81. The highest BCUT2D eigenvalue weighted by Gasteiger charge is 2.02. The third-order valence-electron chi connectivity index (χ3n) is 2.04. The minimum Gasteiger partial charge on any atom is -0.496 e. The molecule has 0 saturated carbocycles. The Kier molecular flexibility index (Phi) is 4.84. The molecule has 1 aromatic rings. The van der Waals surface area contributed by atoms with Crippen LogP contribution in [0.2, 0.25) is 0 Å². The van der Waals surface area contributed by atoms with Crippen molar-refractivity contribution in [3.63, 3.8) is 0 Å². The molecule has 0 amide bonds. The van der Waals surface area contributed by atoms with E-state index in [-0.39, 0.29) is 0 Å². The molecule has 0 atom stereocenters. The van der Waals surface area contributed by atoms with E-state index in [0.29, 0.717) is 6.54 Å². The van der Waals surface area contributed by atoms with E-state index in [0.717, 1.165) is 22.8 Å². The molecule has 0 fully saturated rings. The Labute approximate surface area is 89.8 Å². The summed E-state index contributed by atoms with van der Waals surface area (Å²) in [6.07, 6.45) is 0. The zero-order valence-electron chi connectivity index (χ0n) is 8.75. The zero-order chi connectivity index (χ0) is 10.4. The minimum absolute atomic E-state index is 0.532. The summed E-state index contributed by atoms with van der Waals surface area (Å²) >= 11 is 1.91. The van der Waals surface area contributed by atoms with E-state index in [1.807, 2.05) is 17.8 Å². The first-order valence-corrected chi connectivity index (χ1v) is 5.90. The highest BCUT2D eigenvalue weighted by atomic mass is 32.2. The molecule has 0 saturated heterocycles. The van der Waals surface area contributed by atoms with Crippen LogP contribution < -0.4 is 10.5 Å². The Hall–Kier alpha value is -0.670. The van der Waals surface area contributed by atoms with Gasteiger partial charge in [0.25, 0.3) is 0 Å². The van der Waals surface area contributed by atoms with Gasteiger partial charge in [-0.2, -0.15) is 11.8 Å². The van der Waals surface area contributed by atoms with Crippen LogP contribution in [0.25, 0.3) is 0 Å². The van der Waals surface area contributed by atoms with Crippen molar-refractivity contribution in [1.82, 2.24) is 0 Å². The zero-order valence-corrected chi connectivity index (χ0v) is 9.56. The Bertz CT molecular complexity index is 289. The lowest BCUT2D eigenvalue weighted by atomic mass is 10.1. The summed E-state index contributed by atoms with van der Waals surface area (Å²) in [5, 5.41) is 0. The monoisotopic (exact) mass is 211 g/mol. The summed E-state index contributed by atoms with van der Waals surface area (Å²) in [6, 6.07) is 6.24. The summed E-state index contributed by atoms with van der Waals surface area (Å²) < 4.78 is 5.27. The Morgan fingerprint density at radius 2 is 2.21 bits per heavy atom. The fourth-order valence-electron chi connectivity index (χ4n) is 1.27. The molecule has 2 N–H and O–H groups in total. The number of hydrogen-bond acceptors (Lipinski definition) is 3. The van der Waals surface area contributed by atoms with Crippen LogP contribution in [0.4, 0.5) is 0 Å². The predicted molar refractivity (Wildman–Crippen MR) is 62.7 cm³/mol. The van der Waals surface area contributed by atoms with E-state index in [1.165, 1.54) is 5.56 Å². The summed E-state index contributed by atoms with van der Waals surface area (Å²) in [5.74, 6) is 3.08. The standard InChI is InChI=1S/C11H17NOS/c1-3-14-8-9-4-5-10(7-12)11(6-9)13-2/h4-6H,3,7-8,12H2,1-2H3. The van der Waals surface area contributed by atoms with Crippen LogP contribution in [0.5, 0.6) is 5.75 Å². The number of nitrogens with two attached hydrogens (primary N) is 1. The molecule has 3 heteroatoms. The quantitative estimate of drug-likeness (QED) is 0.812. The van der Waals surface area contributed by atoms with Gasteiger partial charge in [0.1, 0.15) is 5.75 Å². The molecule has 1 rings (SSSR count). The van der Waals surface area contributed by atoms with Gasteiger partial charge < -0.3 is 10.5 Å². The van der Waals surface area contributed by atoms with Crippen LogP contribution in [-0.4, -0.2) is 12.9 Å². The SMILES string of the molecule is CCSCc1ccc(CN)c(OC)c1.